The van der Waals surface area contributed by atoms with Crippen LogP contribution in [0.15, 0.2) is 10.7 Å². The van der Waals surface area contributed by atoms with Crippen molar-refractivity contribution >= 4 is 5.91 Å². The van der Waals surface area contributed by atoms with Crippen molar-refractivity contribution in [2.45, 2.75) is 19.8 Å². The number of likely N-dealkylation sites (tertiary alicyclic amines) is 1. The average molecular weight is 224 g/mol. The van der Waals surface area contributed by atoms with Crippen molar-refractivity contribution < 1.29 is 14.4 Å². The number of carbonyl (C=O) groups excluding carboxylic acids is 1. The van der Waals surface area contributed by atoms with E-state index in [1.165, 1.54) is 0 Å². The molecule has 2 rings (SSSR count). The number of hydrogen-bond donors (Lipinski definition) is 1. The van der Waals surface area contributed by atoms with Crippen LogP contribution in [0.5, 0.6) is 0 Å². The maximum Gasteiger partial charge on any atom is 0.292 e. The molecule has 1 N–H and O–H groups in total. The van der Waals surface area contributed by atoms with Crippen LogP contribution in [0.2, 0.25) is 0 Å². The number of carbonyl (C=O) groups is 1. The molecule has 1 atom stereocenters. The minimum atomic E-state index is -0.0876. The zero-order valence-corrected chi connectivity index (χ0v) is 9.35. The van der Waals surface area contributed by atoms with Crippen molar-refractivity contribution in [3.63, 3.8) is 0 Å². The SMILES string of the molecule is Cc1cnoc1C(=O)N1CCC(CCO)C1. The van der Waals surface area contributed by atoms with E-state index in [-0.39, 0.29) is 12.5 Å². The number of aryl methyl sites for hydroxylation is 1. The lowest BCUT2D eigenvalue weighted by Gasteiger charge is -2.14. The summed E-state index contributed by atoms with van der Waals surface area (Å²) in [6, 6.07) is 0. The highest BCUT2D eigenvalue weighted by molar-refractivity contribution is 5.92. The first-order chi connectivity index (χ1) is 7.72. The molecule has 5 heteroatoms. The monoisotopic (exact) mass is 224 g/mol. The zero-order valence-electron chi connectivity index (χ0n) is 9.35. The van der Waals surface area contributed by atoms with Gasteiger partial charge in [-0.25, -0.2) is 0 Å². The minimum Gasteiger partial charge on any atom is -0.396 e. The Kier molecular flexibility index (Phi) is 3.24. The van der Waals surface area contributed by atoms with Gasteiger partial charge >= 0.3 is 0 Å². The van der Waals surface area contributed by atoms with Crippen LogP contribution in [0.3, 0.4) is 0 Å². The Labute approximate surface area is 94.0 Å². The fourth-order valence-corrected chi connectivity index (χ4v) is 2.08. The van der Waals surface area contributed by atoms with Gasteiger partial charge in [0.05, 0.1) is 6.20 Å². The molecule has 0 aromatic carbocycles. The van der Waals surface area contributed by atoms with E-state index in [0.29, 0.717) is 18.2 Å². The number of aromatic nitrogens is 1. The molecule has 1 unspecified atom stereocenters. The molecule has 0 saturated carbocycles. The Morgan fingerprint density at radius 3 is 3.19 bits per heavy atom. The molecule has 1 aliphatic rings. The number of rotatable bonds is 3. The standard InChI is InChI=1S/C11H16N2O3/c1-8-6-12-16-10(8)11(15)13-4-2-9(7-13)3-5-14/h6,9,14H,2-5,7H2,1H3. The van der Waals surface area contributed by atoms with Crippen LogP contribution in [0, 0.1) is 12.8 Å². The van der Waals surface area contributed by atoms with E-state index in [2.05, 4.69) is 5.16 Å². The van der Waals surface area contributed by atoms with E-state index in [1.54, 1.807) is 11.1 Å². The highest BCUT2D eigenvalue weighted by atomic mass is 16.5. The highest BCUT2D eigenvalue weighted by Crippen LogP contribution is 2.21. The molecule has 1 saturated heterocycles. The van der Waals surface area contributed by atoms with Gasteiger partial charge in [-0.3, -0.25) is 4.79 Å². The quantitative estimate of drug-likeness (QED) is 0.825. The lowest BCUT2D eigenvalue weighted by atomic mass is 10.1. The molecule has 1 fully saturated rings. The van der Waals surface area contributed by atoms with Gasteiger partial charge in [-0.1, -0.05) is 5.16 Å². The van der Waals surface area contributed by atoms with Crippen LogP contribution in [0.4, 0.5) is 0 Å². The van der Waals surface area contributed by atoms with Gasteiger partial charge in [0.25, 0.3) is 5.91 Å². The Balaban J connectivity index is 2.00. The zero-order chi connectivity index (χ0) is 11.5. The van der Waals surface area contributed by atoms with Crippen LogP contribution in [-0.4, -0.2) is 40.8 Å². The number of amides is 1. The van der Waals surface area contributed by atoms with E-state index in [4.69, 9.17) is 9.63 Å². The Bertz CT molecular complexity index is 375. The van der Waals surface area contributed by atoms with Crippen molar-refractivity contribution in [2.24, 2.45) is 5.92 Å². The molecule has 1 amide bonds. The molecule has 0 aliphatic carbocycles. The van der Waals surface area contributed by atoms with Crippen molar-refractivity contribution in [1.82, 2.24) is 10.1 Å². The molecule has 1 aromatic heterocycles. The summed E-state index contributed by atoms with van der Waals surface area (Å²) in [7, 11) is 0. The lowest BCUT2D eigenvalue weighted by molar-refractivity contribution is 0.0742. The molecule has 88 valence electrons. The summed E-state index contributed by atoms with van der Waals surface area (Å²) >= 11 is 0. The average Bonchev–Trinajstić information content (AvgIpc) is 2.87. The van der Waals surface area contributed by atoms with Gasteiger partial charge in [0.2, 0.25) is 5.76 Å². The van der Waals surface area contributed by atoms with Gasteiger partial charge < -0.3 is 14.5 Å². The summed E-state index contributed by atoms with van der Waals surface area (Å²) in [5.41, 5.74) is 0.774. The largest absolute Gasteiger partial charge is 0.396 e. The first-order valence-corrected chi connectivity index (χ1v) is 5.53. The van der Waals surface area contributed by atoms with Crippen molar-refractivity contribution in [3.05, 3.63) is 17.5 Å². The second-order valence-corrected chi connectivity index (χ2v) is 4.26. The molecule has 1 aliphatic heterocycles. The van der Waals surface area contributed by atoms with Crippen LogP contribution >= 0.6 is 0 Å². The predicted octanol–water partition coefficient (Wildman–Crippen LogP) is 0.828. The van der Waals surface area contributed by atoms with Gasteiger partial charge in [-0.15, -0.1) is 0 Å². The van der Waals surface area contributed by atoms with Crippen LogP contribution in [0.25, 0.3) is 0 Å². The molecule has 2 heterocycles. The van der Waals surface area contributed by atoms with Crippen molar-refractivity contribution in [3.8, 4) is 0 Å². The molecule has 16 heavy (non-hydrogen) atoms. The van der Waals surface area contributed by atoms with Gasteiger partial charge in [-0.05, 0) is 25.7 Å². The van der Waals surface area contributed by atoms with Crippen LogP contribution in [-0.2, 0) is 0 Å². The second-order valence-electron chi connectivity index (χ2n) is 4.26. The normalized spacial score (nSPS) is 20.4. The lowest BCUT2D eigenvalue weighted by Crippen LogP contribution is -2.29. The summed E-state index contributed by atoms with van der Waals surface area (Å²) < 4.78 is 4.94. The Morgan fingerprint density at radius 1 is 1.75 bits per heavy atom. The maximum atomic E-state index is 12.0. The third-order valence-corrected chi connectivity index (χ3v) is 3.05. The number of nitrogens with zero attached hydrogens (tertiary/aromatic N) is 2. The predicted molar refractivity (Wildman–Crippen MR) is 57.0 cm³/mol. The first-order valence-electron chi connectivity index (χ1n) is 5.53. The van der Waals surface area contributed by atoms with Crippen molar-refractivity contribution in [1.29, 1.82) is 0 Å². The number of hydrogen-bond acceptors (Lipinski definition) is 4. The highest BCUT2D eigenvalue weighted by Gasteiger charge is 2.29. The fourth-order valence-electron chi connectivity index (χ4n) is 2.08. The minimum absolute atomic E-state index is 0.0876. The smallest absolute Gasteiger partial charge is 0.292 e. The first kappa shape index (κ1) is 11.1. The summed E-state index contributed by atoms with van der Waals surface area (Å²) in [4.78, 5) is 13.8. The van der Waals surface area contributed by atoms with Gasteiger partial charge in [0.15, 0.2) is 0 Å². The summed E-state index contributed by atoms with van der Waals surface area (Å²) in [5.74, 6) is 0.664. The van der Waals surface area contributed by atoms with E-state index in [1.807, 2.05) is 6.92 Å². The Morgan fingerprint density at radius 2 is 2.56 bits per heavy atom. The summed E-state index contributed by atoms with van der Waals surface area (Å²) in [5, 5.41) is 12.5. The van der Waals surface area contributed by atoms with Crippen LogP contribution in [0.1, 0.15) is 29.0 Å². The molecular formula is C11H16N2O3. The summed E-state index contributed by atoms with van der Waals surface area (Å²) in [6.07, 6.45) is 3.27. The van der Waals surface area contributed by atoms with E-state index in [9.17, 15) is 4.79 Å². The fraction of sp³-hybridized carbons (Fsp3) is 0.636. The van der Waals surface area contributed by atoms with Crippen molar-refractivity contribution in [2.75, 3.05) is 19.7 Å². The van der Waals surface area contributed by atoms with E-state index >= 15 is 0 Å². The molecule has 0 spiro atoms. The van der Waals surface area contributed by atoms with Crippen LogP contribution < -0.4 is 0 Å². The molecule has 5 nitrogen and oxygen atoms in total. The topological polar surface area (TPSA) is 66.6 Å². The van der Waals surface area contributed by atoms with Gasteiger partial charge in [-0.2, -0.15) is 0 Å². The number of aliphatic hydroxyl groups excluding tert-OH is 1. The third kappa shape index (κ3) is 2.09. The molecular weight excluding hydrogens is 208 g/mol. The molecule has 0 bridgehead atoms. The third-order valence-electron chi connectivity index (χ3n) is 3.05. The second kappa shape index (κ2) is 4.65. The van der Waals surface area contributed by atoms with E-state index < -0.39 is 0 Å². The molecule has 0 radical (unpaired) electrons. The van der Waals surface area contributed by atoms with Gasteiger partial charge in [0, 0.05) is 25.3 Å². The molecule has 1 aromatic rings. The summed E-state index contributed by atoms with van der Waals surface area (Å²) in [6.45, 7) is 3.45. The van der Waals surface area contributed by atoms with Gasteiger partial charge in [0.1, 0.15) is 0 Å². The van der Waals surface area contributed by atoms with E-state index in [0.717, 1.165) is 24.9 Å². The maximum absolute atomic E-state index is 12.0. The Hall–Kier alpha value is -1.36. The number of aliphatic hydroxyl groups is 1.